The van der Waals surface area contributed by atoms with Crippen LogP contribution in [0, 0.1) is 5.92 Å². The number of rotatable bonds is 8. The largest absolute Gasteiger partial charge is 0.497 e. The topological polar surface area (TPSA) is 47.6 Å². The number of benzene rings is 1. The van der Waals surface area contributed by atoms with Gasteiger partial charge in [0.05, 0.1) is 13.7 Å². The maximum Gasteiger partial charge on any atom is 0.327 e. The van der Waals surface area contributed by atoms with Gasteiger partial charge in [0, 0.05) is 10.6 Å². The summed E-state index contributed by atoms with van der Waals surface area (Å²) in [6.45, 7) is 2.27. The zero-order chi connectivity index (χ0) is 15.3. The number of carbonyl (C=O) groups excluding carboxylic acids is 1. The first-order valence-electron chi connectivity index (χ1n) is 7.29. The first kappa shape index (κ1) is 16.2. The molecule has 0 aromatic heterocycles. The van der Waals surface area contributed by atoms with E-state index in [2.05, 4.69) is 5.32 Å². The summed E-state index contributed by atoms with van der Waals surface area (Å²) in [5, 5.41) is 3.23. The number of thioether (sulfide) groups is 1. The molecule has 0 heterocycles. The van der Waals surface area contributed by atoms with Crippen molar-refractivity contribution in [1.29, 1.82) is 0 Å². The van der Waals surface area contributed by atoms with E-state index in [4.69, 9.17) is 9.47 Å². The summed E-state index contributed by atoms with van der Waals surface area (Å²) in [6.07, 6.45) is 2.17. The summed E-state index contributed by atoms with van der Waals surface area (Å²) in [7, 11) is 3.51. The summed E-state index contributed by atoms with van der Waals surface area (Å²) in [5.74, 6) is 1.77. The zero-order valence-electron chi connectivity index (χ0n) is 12.8. The molecule has 21 heavy (non-hydrogen) atoms. The molecule has 0 spiro atoms. The molecule has 0 amide bonds. The summed E-state index contributed by atoms with van der Waals surface area (Å²) in [5.41, 5.74) is -0.569. The number of hydrogen-bond acceptors (Lipinski definition) is 5. The van der Waals surface area contributed by atoms with Crippen molar-refractivity contribution in [3.8, 4) is 5.75 Å². The molecule has 0 radical (unpaired) electrons. The average Bonchev–Trinajstić information content (AvgIpc) is 3.34. The average molecular weight is 309 g/mol. The molecule has 1 aromatic carbocycles. The number of likely N-dealkylation sites (N-methyl/N-ethyl adjacent to an activating group) is 1. The van der Waals surface area contributed by atoms with Crippen molar-refractivity contribution in [1.82, 2.24) is 5.32 Å². The van der Waals surface area contributed by atoms with Gasteiger partial charge in [-0.05, 0) is 57.0 Å². The number of methoxy groups -OCH3 is 1. The third-order valence-electron chi connectivity index (χ3n) is 3.89. The second-order valence-corrected chi connectivity index (χ2v) is 6.23. The predicted octanol–water partition coefficient (Wildman–Crippen LogP) is 2.72. The van der Waals surface area contributed by atoms with Gasteiger partial charge in [-0.2, -0.15) is 0 Å². The minimum absolute atomic E-state index is 0.129. The first-order chi connectivity index (χ1) is 10.2. The molecule has 1 aromatic rings. The molecule has 2 rings (SSSR count). The normalized spacial score (nSPS) is 17.1. The van der Waals surface area contributed by atoms with Gasteiger partial charge in [0.1, 0.15) is 11.3 Å². The molecule has 1 saturated carbocycles. The lowest BCUT2D eigenvalue weighted by Crippen LogP contribution is -2.55. The van der Waals surface area contributed by atoms with Gasteiger partial charge in [-0.25, -0.2) is 0 Å². The van der Waals surface area contributed by atoms with Crippen LogP contribution in [0.4, 0.5) is 0 Å². The van der Waals surface area contributed by atoms with E-state index in [-0.39, 0.29) is 5.97 Å². The number of ether oxygens (including phenoxy) is 2. The minimum atomic E-state index is -0.569. The molecule has 1 N–H and O–H groups in total. The molecule has 4 nitrogen and oxygen atoms in total. The highest BCUT2D eigenvalue weighted by Crippen LogP contribution is 2.43. The Bertz CT molecular complexity index is 473. The SMILES string of the molecule is CCOC(=O)C(CSc1ccc(OC)cc1)(NC)C1CC1. The van der Waals surface area contributed by atoms with Crippen LogP contribution in [-0.4, -0.2) is 38.0 Å². The Labute approximate surface area is 130 Å². The number of carbonyl (C=O) groups is 1. The molecule has 5 heteroatoms. The van der Waals surface area contributed by atoms with Crippen LogP contribution in [0.3, 0.4) is 0 Å². The fraction of sp³-hybridized carbons (Fsp3) is 0.562. The van der Waals surface area contributed by atoms with Crippen molar-refractivity contribution >= 4 is 17.7 Å². The van der Waals surface area contributed by atoms with E-state index in [0.29, 0.717) is 18.3 Å². The van der Waals surface area contributed by atoms with Gasteiger partial charge in [-0.15, -0.1) is 11.8 Å². The fourth-order valence-corrected chi connectivity index (χ4v) is 3.65. The van der Waals surface area contributed by atoms with Crippen LogP contribution in [0.1, 0.15) is 19.8 Å². The van der Waals surface area contributed by atoms with E-state index in [1.54, 1.807) is 18.9 Å². The molecule has 0 saturated heterocycles. The van der Waals surface area contributed by atoms with Crippen LogP contribution in [0.15, 0.2) is 29.2 Å². The van der Waals surface area contributed by atoms with Crippen molar-refractivity contribution in [3.05, 3.63) is 24.3 Å². The second-order valence-electron chi connectivity index (χ2n) is 5.18. The van der Waals surface area contributed by atoms with Crippen LogP contribution in [0.2, 0.25) is 0 Å². The maximum absolute atomic E-state index is 12.4. The molecule has 1 atom stereocenters. The molecule has 1 aliphatic carbocycles. The van der Waals surface area contributed by atoms with E-state index < -0.39 is 5.54 Å². The van der Waals surface area contributed by atoms with Crippen molar-refractivity contribution in [3.63, 3.8) is 0 Å². The quantitative estimate of drug-likeness (QED) is 0.591. The Morgan fingerprint density at radius 3 is 2.52 bits per heavy atom. The predicted molar refractivity (Wildman–Crippen MR) is 84.9 cm³/mol. The van der Waals surface area contributed by atoms with E-state index >= 15 is 0 Å². The van der Waals surface area contributed by atoms with E-state index in [9.17, 15) is 4.79 Å². The van der Waals surface area contributed by atoms with Crippen molar-refractivity contribution in [2.24, 2.45) is 5.92 Å². The highest BCUT2D eigenvalue weighted by atomic mass is 32.2. The summed E-state index contributed by atoms with van der Waals surface area (Å²) in [4.78, 5) is 13.5. The molecular formula is C16H23NO3S. The zero-order valence-corrected chi connectivity index (χ0v) is 13.7. The first-order valence-corrected chi connectivity index (χ1v) is 8.27. The standard InChI is InChI=1S/C16H23NO3S/c1-4-20-15(18)16(17-2,12-5-6-12)11-21-14-9-7-13(19-3)8-10-14/h7-10,12,17H,4-6,11H2,1-3H3. The molecule has 116 valence electrons. The van der Waals surface area contributed by atoms with Crippen LogP contribution in [-0.2, 0) is 9.53 Å². The van der Waals surface area contributed by atoms with Gasteiger partial charge < -0.3 is 14.8 Å². The lowest BCUT2D eigenvalue weighted by Gasteiger charge is -2.31. The highest BCUT2D eigenvalue weighted by molar-refractivity contribution is 7.99. The third kappa shape index (κ3) is 3.71. The van der Waals surface area contributed by atoms with Crippen LogP contribution in [0.25, 0.3) is 0 Å². The number of esters is 1. The molecule has 1 aliphatic rings. The Hall–Kier alpha value is -1.20. The lowest BCUT2D eigenvalue weighted by atomic mass is 9.96. The minimum Gasteiger partial charge on any atom is -0.497 e. The summed E-state index contributed by atoms with van der Waals surface area (Å²) >= 11 is 1.67. The highest BCUT2D eigenvalue weighted by Gasteiger charge is 2.51. The molecule has 0 bridgehead atoms. The Morgan fingerprint density at radius 2 is 2.05 bits per heavy atom. The fourth-order valence-electron chi connectivity index (χ4n) is 2.43. The second kappa shape index (κ2) is 7.18. The van der Waals surface area contributed by atoms with Crippen molar-refractivity contribution in [2.45, 2.75) is 30.2 Å². The van der Waals surface area contributed by atoms with Gasteiger partial charge >= 0.3 is 5.97 Å². The van der Waals surface area contributed by atoms with E-state index in [1.165, 1.54) is 0 Å². The molecular weight excluding hydrogens is 286 g/mol. The van der Waals surface area contributed by atoms with Gasteiger partial charge in [0.15, 0.2) is 0 Å². The monoisotopic (exact) mass is 309 g/mol. The van der Waals surface area contributed by atoms with Gasteiger partial charge in [0.2, 0.25) is 0 Å². The summed E-state index contributed by atoms with van der Waals surface area (Å²) in [6, 6.07) is 7.90. The summed E-state index contributed by atoms with van der Waals surface area (Å²) < 4.78 is 10.4. The van der Waals surface area contributed by atoms with Gasteiger partial charge in [-0.1, -0.05) is 0 Å². The van der Waals surface area contributed by atoms with Crippen LogP contribution >= 0.6 is 11.8 Å². The van der Waals surface area contributed by atoms with Gasteiger partial charge in [0.25, 0.3) is 0 Å². The van der Waals surface area contributed by atoms with Gasteiger partial charge in [-0.3, -0.25) is 4.79 Å². The van der Waals surface area contributed by atoms with Crippen molar-refractivity contribution in [2.75, 3.05) is 26.5 Å². The molecule has 1 fully saturated rings. The number of nitrogens with one attached hydrogen (secondary N) is 1. The van der Waals surface area contributed by atoms with Crippen LogP contribution < -0.4 is 10.1 Å². The Balaban J connectivity index is 2.06. The van der Waals surface area contributed by atoms with E-state index in [0.717, 1.165) is 23.5 Å². The van der Waals surface area contributed by atoms with Crippen molar-refractivity contribution < 1.29 is 14.3 Å². The lowest BCUT2D eigenvalue weighted by molar-refractivity contribution is -0.150. The Kier molecular flexibility index (Phi) is 5.53. The Morgan fingerprint density at radius 1 is 1.38 bits per heavy atom. The maximum atomic E-state index is 12.4. The third-order valence-corrected chi connectivity index (χ3v) is 5.09. The van der Waals surface area contributed by atoms with Crippen LogP contribution in [0.5, 0.6) is 5.75 Å². The molecule has 0 aliphatic heterocycles. The smallest absolute Gasteiger partial charge is 0.327 e. The molecule has 1 unspecified atom stereocenters. The van der Waals surface area contributed by atoms with E-state index in [1.807, 2.05) is 38.2 Å². The number of hydrogen-bond donors (Lipinski definition) is 1.